The Morgan fingerprint density at radius 2 is 2.06 bits per heavy atom. The topological polar surface area (TPSA) is 33.0 Å². The Labute approximate surface area is 111 Å². The second-order valence-electron chi connectivity index (χ2n) is 3.97. The number of rotatable bonds is 5. The third-order valence-corrected chi connectivity index (χ3v) is 3.63. The Balaban J connectivity index is 2.10. The summed E-state index contributed by atoms with van der Waals surface area (Å²) in [7, 11) is 0. The van der Waals surface area contributed by atoms with Crippen LogP contribution in [-0.4, -0.2) is 6.61 Å². The molecule has 0 saturated carbocycles. The number of hydrogen-bond acceptors (Lipinski definition) is 3. The lowest BCUT2D eigenvalue weighted by molar-refractivity contribution is 0.340. The van der Waals surface area contributed by atoms with Gasteiger partial charge in [0, 0.05) is 11.3 Å². The molecule has 1 aromatic carbocycles. The fraction of sp³-hybridized carbons (Fsp3) is 0.267. The van der Waals surface area contributed by atoms with Gasteiger partial charge in [-0.05, 0) is 36.1 Å². The zero-order valence-electron chi connectivity index (χ0n) is 10.3. The fourth-order valence-corrected chi connectivity index (χ4v) is 2.58. The minimum absolute atomic E-state index is 0.0840. The Hall–Kier alpha value is -1.79. The SMILES string of the molecule is CCOc1ccc(C(C#N)Cc2cccs2)cc1. The van der Waals surface area contributed by atoms with Crippen LogP contribution in [0.2, 0.25) is 0 Å². The average molecular weight is 257 g/mol. The van der Waals surface area contributed by atoms with Crippen molar-refractivity contribution in [3.8, 4) is 11.8 Å². The molecule has 2 aromatic rings. The second kappa shape index (κ2) is 6.23. The molecule has 1 atom stereocenters. The van der Waals surface area contributed by atoms with Gasteiger partial charge in [0.2, 0.25) is 0 Å². The normalized spacial score (nSPS) is 11.8. The first-order chi connectivity index (χ1) is 8.83. The van der Waals surface area contributed by atoms with Gasteiger partial charge in [0.15, 0.2) is 0 Å². The molecule has 0 amide bonds. The van der Waals surface area contributed by atoms with Crippen molar-refractivity contribution in [2.75, 3.05) is 6.61 Å². The van der Waals surface area contributed by atoms with Gasteiger partial charge < -0.3 is 4.74 Å². The van der Waals surface area contributed by atoms with Gasteiger partial charge in [0.1, 0.15) is 5.75 Å². The van der Waals surface area contributed by atoms with Crippen LogP contribution in [0.5, 0.6) is 5.75 Å². The predicted molar refractivity (Wildman–Crippen MR) is 74.0 cm³/mol. The van der Waals surface area contributed by atoms with Gasteiger partial charge in [-0.3, -0.25) is 0 Å². The molecule has 0 radical (unpaired) electrons. The van der Waals surface area contributed by atoms with Crippen LogP contribution in [0.3, 0.4) is 0 Å². The van der Waals surface area contributed by atoms with Crippen molar-refractivity contribution in [1.29, 1.82) is 5.26 Å². The quantitative estimate of drug-likeness (QED) is 0.811. The molecule has 0 bridgehead atoms. The third kappa shape index (κ3) is 3.12. The summed E-state index contributed by atoms with van der Waals surface area (Å²) < 4.78 is 5.40. The second-order valence-corrected chi connectivity index (χ2v) is 5.00. The lowest BCUT2D eigenvalue weighted by atomic mass is 9.96. The number of benzene rings is 1. The zero-order valence-corrected chi connectivity index (χ0v) is 11.1. The summed E-state index contributed by atoms with van der Waals surface area (Å²) in [6.07, 6.45) is 0.780. The fourth-order valence-electron chi connectivity index (χ4n) is 1.83. The molecule has 1 aromatic heterocycles. The Bertz CT molecular complexity index is 510. The molecule has 0 spiro atoms. The molecule has 0 saturated heterocycles. The largest absolute Gasteiger partial charge is 0.494 e. The van der Waals surface area contributed by atoms with Crippen LogP contribution in [-0.2, 0) is 6.42 Å². The molecule has 2 nitrogen and oxygen atoms in total. The molecular weight excluding hydrogens is 242 g/mol. The lowest BCUT2D eigenvalue weighted by Gasteiger charge is -2.09. The van der Waals surface area contributed by atoms with Gasteiger partial charge in [-0.25, -0.2) is 0 Å². The van der Waals surface area contributed by atoms with E-state index < -0.39 is 0 Å². The lowest BCUT2D eigenvalue weighted by Crippen LogP contribution is -1.99. The van der Waals surface area contributed by atoms with Crippen LogP contribution in [0.4, 0.5) is 0 Å². The molecule has 0 aliphatic carbocycles. The van der Waals surface area contributed by atoms with Crippen LogP contribution in [0.1, 0.15) is 23.3 Å². The van der Waals surface area contributed by atoms with E-state index in [9.17, 15) is 5.26 Å². The maximum absolute atomic E-state index is 9.27. The van der Waals surface area contributed by atoms with E-state index >= 15 is 0 Å². The third-order valence-electron chi connectivity index (χ3n) is 2.73. The summed E-state index contributed by atoms with van der Waals surface area (Å²) in [5.41, 5.74) is 1.05. The molecule has 92 valence electrons. The summed E-state index contributed by atoms with van der Waals surface area (Å²) in [5.74, 6) is 0.772. The first kappa shape index (κ1) is 12.7. The summed E-state index contributed by atoms with van der Waals surface area (Å²) in [6, 6.07) is 14.3. The predicted octanol–water partition coefficient (Wildman–Crippen LogP) is 4.00. The molecule has 0 N–H and O–H groups in total. The summed E-state index contributed by atoms with van der Waals surface area (Å²) >= 11 is 1.70. The highest BCUT2D eigenvalue weighted by atomic mass is 32.1. The number of nitrogens with zero attached hydrogens (tertiary/aromatic N) is 1. The molecule has 1 heterocycles. The van der Waals surface area contributed by atoms with Gasteiger partial charge in [-0.1, -0.05) is 18.2 Å². The highest BCUT2D eigenvalue weighted by Crippen LogP contribution is 2.24. The minimum atomic E-state index is -0.0840. The van der Waals surface area contributed by atoms with E-state index in [2.05, 4.69) is 12.1 Å². The number of nitriles is 1. The highest BCUT2D eigenvalue weighted by molar-refractivity contribution is 7.09. The molecule has 2 rings (SSSR count). The van der Waals surface area contributed by atoms with E-state index in [0.717, 1.165) is 17.7 Å². The summed E-state index contributed by atoms with van der Waals surface area (Å²) in [4.78, 5) is 1.25. The Morgan fingerprint density at radius 3 is 2.61 bits per heavy atom. The van der Waals surface area contributed by atoms with E-state index in [1.165, 1.54) is 4.88 Å². The molecular formula is C15H15NOS. The van der Waals surface area contributed by atoms with Gasteiger partial charge in [-0.2, -0.15) is 5.26 Å². The maximum Gasteiger partial charge on any atom is 0.119 e. The van der Waals surface area contributed by atoms with Crippen molar-refractivity contribution in [3.63, 3.8) is 0 Å². The molecule has 0 fully saturated rings. The highest BCUT2D eigenvalue weighted by Gasteiger charge is 2.12. The first-order valence-electron chi connectivity index (χ1n) is 5.98. The van der Waals surface area contributed by atoms with Crippen molar-refractivity contribution >= 4 is 11.3 Å². The molecule has 18 heavy (non-hydrogen) atoms. The van der Waals surface area contributed by atoms with E-state index in [1.54, 1.807) is 11.3 Å². The molecule has 0 aliphatic rings. The standard InChI is InChI=1S/C15H15NOS/c1-2-17-14-7-5-12(6-8-14)13(11-16)10-15-4-3-9-18-15/h3-9,13H,2,10H2,1H3. The Kier molecular flexibility index (Phi) is 4.38. The molecule has 3 heteroatoms. The summed E-state index contributed by atoms with van der Waals surface area (Å²) in [5, 5.41) is 11.3. The van der Waals surface area contributed by atoms with E-state index in [1.807, 2.05) is 42.6 Å². The van der Waals surface area contributed by atoms with E-state index in [-0.39, 0.29) is 5.92 Å². The van der Waals surface area contributed by atoms with Gasteiger partial charge in [-0.15, -0.1) is 11.3 Å². The average Bonchev–Trinajstić information content (AvgIpc) is 2.90. The maximum atomic E-state index is 9.27. The van der Waals surface area contributed by atoms with Crippen LogP contribution in [0.15, 0.2) is 41.8 Å². The van der Waals surface area contributed by atoms with Gasteiger partial charge in [0.05, 0.1) is 18.6 Å². The Morgan fingerprint density at radius 1 is 1.28 bits per heavy atom. The van der Waals surface area contributed by atoms with Crippen LogP contribution in [0, 0.1) is 11.3 Å². The van der Waals surface area contributed by atoms with E-state index in [0.29, 0.717) is 6.61 Å². The van der Waals surface area contributed by atoms with Crippen LogP contribution >= 0.6 is 11.3 Å². The molecule has 0 aliphatic heterocycles. The first-order valence-corrected chi connectivity index (χ1v) is 6.86. The monoisotopic (exact) mass is 257 g/mol. The van der Waals surface area contributed by atoms with Crippen molar-refractivity contribution in [2.24, 2.45) is 0 Å². The smallest absolute Gasteiger partial charge is 0.119 e. The van der Waals surface area contributed by atoms with Crippen molar-refractivity contribution in [3.05, 3.63) is 52.2 Å². The number of ether oxygens (including phenoxy) is 1. The zero-order chi connectivity index (χ0) is 12.8. The van der Waals surface area contributed by atoms with Crippen molar-refractivity contribution in [1.82, 2.24) is 0 Å². The van der Waals surface area contributed by atoms with Crippen LogP contribution < -0.4 is 4.74 Å². The van der Waals surface area contributed by atoms with Crippen molar-refractivity contribution < 1.29 is 4.74 Å². The van der Waals surface area contributed by atoms with Crippen LogP contribution in [0.25, 0.3) is 0 Å². The number of thiophene rings is 1. The van der Waals surface area contributed by atoms with Gasteiger partial charge in [0.25, 0.3) is 0 Å². The van der Waals surface area contributed by atoms with Crippen molar-refractivity contribution in [2.45, 2.75) is 19.3 Å². The summed E-state index contributed by atoms with van der Waals surface area (Å²) in [6.45, 7) is 2.62. The van der Waals surface area contributed by atoms with E-state index in [4.69, 9.17) is 4.74 Å². The molecule has 1 unspecified atom stereocenters. The van der Waals surface area contributed by atoms with Gasteiger partial charge >= 0.3 is 0 Å². The minimum Gasteiger partial charge on any atom is -0.494 e. The number of hydrogen-bond donors (Lipinski definition) is 0.